The van der Waals surface area contributed by atoms with Gasteiger partial charge in [0.1, 0.15) is 5.82 Å². The maximum absolute atomic E-state index is 12.7. The highest BCUT2D eigenvalue weighted by molar-refractivity contribution is 5.19. The Kier molecular flexibility index (Phi) is 5.55. The highest BCUT2D eigenvalue weighted by atomic mass is 19.1. The number of halogens is 1. The average Bonchev–Trinajstić information content (AvgIpc) is 2.26. The monoisotopic (exact) mass is 240 g/mol. The second-order valence-corrected chi connectivity index (χ2v) is 4.60. The Labute approximate surface area is 102 Å². The lowest BCUT2D eigenvalue weighted by Crippen LogP contribution is -2.36. The van der Waals surface area contributed by atoms with Crippen LogP contribution >= 0.6 is 0 Å². The van der Waals surface area contributed by atoms with Crippen LogP contribution in [-0.4, -0.2) is 43.3 Å². The van der Waals surface area contributed by atoms with E-state index < -0.39 is 6.10 Å². The van der Waals surface area contributed by atoms with E-state index in [9.17, 15) is 9.50 Å². The van der Waals surface area contributed by atoms with Crippen molar-refractivity contribution in [1.82, 2.24) is 10.2 Å². The number of aliphatic hydroxyl groups excluding tert-OH is 1. The third-order valence-corrected chi connectivity index (χ3v) is 2.61. The zero-order valence-electron chi connectivity index (χ0n) is 10.7. The lowest BCUT2D eigenvalue weighted by atomic mass is 10.1. The van der Waals surface area contributed by atoms with Gasteiger partial charge in [0.25, 0.3) is 0 Å². The van der Waals surface area contributed by atoms with Gasteiger partial charge in [-0.05, 0) is 38.7 Å². The summed E-state index contributed by atoms with van der Waals surface area (Å²) in [6, 6.07) is 6.51. The summed E-state index contributed by atoms with van der Waals surface area (Å²) >= 11 is 0. The molecule has 0 radical (unpaired) electrons. The van der Waals surface area contributed by atoms with E-state index >= 15 is 0 Å². The molecular formula is C13H21FN2O. The van der Waals surface area contributed by atoms with Crippen molar-refractivity contribution in [2.24, 2.45) is 0 Å². The van der Waals surface area contributed by atoms with E-state index in [1.54, 1.807) is 12.1 Å². The lowest BCUT2D eigenvalue weighted by molar-refractivity contribution is 0.132. The van der Waals surface area contributed by atoms with E-state index in [2.05, 4.69) is 5.32 Å². The maximum atomic E-state index is 12.7. The van der Waals surface area contributed by atoms with Crippen molar-refractivity contribution >= 4 is 0 Å². The fourth-order valence-corrected chi connectivity index (χ4v) is 1.67. The second kappa shape index (κ2) is 6.69. The number of rotatable bonds is 6. The number of likely N-dealkylation sites (N-methyl/N-ethyl adjacent to an activating group) is 1. The van der Waals surface area contributed by atoms with Gasteiger partial charge in [-0.2, -0.15) is 0 Å². The van der Waals surface area contributed by atoms with Crippen LogP contribution < -0.4 is 5.32 Å². The first-order valence-corrected chi connectivity index (χ1v) is 5.80. The quantitative estimate of drug-likeness (QED) is 0.789. The Morgan fingerprint density at radius 2 is 1.88 bits per heavy atom. The van der Waals surface area contributed by atoms with E-state index in [1.807, 2.05) is 25.9 Å². The first-order chi connectivity index (χ1) is 7.99. The van der Waals surface area contributed by atoms with Crippen LogP contribution in [0.1, 0.15) is 18.5 Å². The largest absolute Gasteiger partial charge is 0.390 e. The topological polar surface area (TPSA) is 35.5 Å². The third kappa shape index (κ3) is 5.26. The van der Waals surface area contributed by atoms with Crippen molar-refractivity contribution in [3.63, 3.8) is 0 Å². The zero-order valence-corrected chi connectivity index (χ0v) is 10.7. The van der Waals surface area contributed by atoms with Gasteiger partial charge in [0.15, 0.2) is 0 Å². The molecule has 0 amide bonds. The Balaban J connectivity index is 2.39. The molecule has 4 heteroatoms. The summed E-state index contributed by atoms with van der Waals surface area (Å²) in [5.74, 6) is -0.228. The molecule has 0 heterocycles. The van der Waals surface area contributed by atoms with Gasteiger partial charge in [-0.25, -0.2) is 4.39 Å². The predicted molar refractivity (Wildman–Crippen MR) is 67.4 cm³/mol. The Morgan fingerprint density at radius 3 is 2.41 bits per heavy atom. The summed E-state index contributed by atoms with van der Waals surface area (Å²) in [5, 5.41) is 12.9. The molecule has 0 aromatic heterocycles. The molecule has 96 valence electrons. The van der Waals surface area contributed by atoms with Gasteiger partial charge >= 0.3 is 0 Å². The molecule has 0 aliphatic heterocycles. The van der Waals surface area contributed by atoms with Crippen LogP contribution in [-0.2, 0) is 0 Å². The number of aliphatic hydroxyl groups is 1. The minimum Gasteiger partial charge on any atom is -0.390 e. The molecule has 1 rings (SSSR count). The van der Waals surface area contributed by atoms with Crippen molar-refractivity contribution in [2.45, 2.75) is 19.1 Å². The van der Waals surface area contributed by atoms with Gasteiger partial charge < -0.3 is 15.3 Å². The zero-order chi connectivity index (χ0) is 12.8. The first-order valence-electron chi connectivity index (χ1n) is 5.80. The highest BCUT2D eigenvalue weighted by Gasteiger charge is 2.09. The van der Waals surface area contributed by atoms with E-state index in [0.717, 1.165) is 5.56 Å². The van der Waals surface area contributed by atoms with Gasteiger partial charge in [0.05, 0.1) is 6.10 Å². The summed E-state index contributed by atoms with van der Waals surface area (Å²) < 4.78 is 12.7. The van der Waals surface area contributed by atoms with Crippen LogP contribution in [0.3, 0.4) is 0 Å². The van der Waals surface area contributed by atoms with Crippen LogP contribution in [0.4, 0.5) is 4.39 Å². The van der Waals surface area contributed by atoms with Gasteiger partial charge in [-0.1, -0.05) is 12.1 Å². The molecular weight excluding hydrogens is 219 g/mol. The molecule has 1 aromatic rings. The summed E-state index contributed by atoms with van der Waals surface area (Å²) in [4.78, 5) is 1.94. The minimum atomic E-state index is -0.395. The molecule has 0 spiro atoms. The first kappa shape index (κ1) is 14.1. The van der Waals surface area contributed by atoms with Crippen LogP contribution in [0, 0.1) is 5.82 Å². The fourth-order valence-electron chi connectivity index (χ4n) is 1.67. The molecule has 0 saturated carbocycles. The summed E-state index contributed by atoms with van der Waals surface area (Å²) in [7, 11) is 3.85. The summed E-state index contributed by atoms with van der Waals surface area (Å²) in [6.45, 7) is 3.15. The van der Waals surface area contributed by atoms with E-state index in [0.29, 0.717) is 13.1 Å². The van der Waals surface area contributed by atoms with Crippen LogP contribution in [0.2, 0.25) is 0 Å². The van der Waals surface area contributed by atoms with Crippen molar-refractivity contribution in [2.75, 3.05) is 27.2 Å². The smallest absolute Gasteiger partial charge is 0.123 e. The van der Waals surface area contributed by atoms with Gasteiger partial charge in [0.2, 0.25) is 0 Å². The van der Waals surface area contributed by atoms with Crippen molar-refractivity contribution in [3.05, 3.63) is 35.6 Å². The van der Waals surface area contributed by atoms with Crippen molar-refractivity contribution in [3.8, 4) is 0 Å². The highest BCUT2D eigenvalue weighted by Crippen LogP contribution is 2.12. The third-order valence-electron chi connectivity index (χ3n) is 2.61. The van der Waals surface area contributed by atoms with Gasteiger partial charge in [0, 0.05) is 19.1 Å². The van der Waals surface area contributed by atoms with Gasteiger partial charge in [-0.3, -0.25) is 0 Å². The minimum absolute atomic E-state index is 0.104. The number of nitrogens with one attached hydrogen (secondary N) is 1. The van der Waals surface area contributed by atoms with Crippen LogP contribution in [0.15, 0.2) is 24.3 Å². The molecule has 0 aliphatic rings. The molecule has 0 bridgehead atoms. The normalized spacial score (nSPS) is 14.9. The van der Waals surface area contributed by atoms with E-state index in [1.165, 1.54) is 12.1 Å². The molecule has 1 aromatic carbocycles. The molecule has 2 N–H and O–H groups in total. The standard InChI is InChI=1S/C13H21FN2O/c1-10(11-4-6-12(14)7-5-11)15-8-13(17)9-16(2)3/h4-7,10,13,15,17H,8-9H2,1-3H3. The Bertz CT molecular complexity index is 327. The molecule has 17 heavy (non-hydrogen) atoms. The van der Waals surface area contributed by atoms with Crippen LogP contribution in [0.25, 0.3) is 0 Å². The number of nitrogens with zero attached hydrogens (tertiary/aromatic N) is 1. The molecule has 0 saturated heterocycles. The number of benzene rings is 1. The Morgan fingerprint density at radius 1 is 1.29 bits per heavy atom. The molecule has 2 atom stereocenters. The van der Waals surface area contributed by atoms with E-state index in [-0.39, 0.29) is 11.9 Å². The number of hydrogen-bond acceptors (Lipinski definition) is 3. The van der Waals surface area contributed by atoms with E-state index in [4.69, 9.17) is 0 Å². The van der Waals surface area contributed by atoms with Crippen molar-refractivity contribution < 1.29 is 9.50 Å². The summed E-state index contributed by atoms with van der Waals surface area (Å²) in [5.41, 5.74) is 1.02. The SMILES string of the molecule is CC(NCC(O)CN(C)C)c1ccc(F)cc1. The summed E-state index contributed by atoms with van der Waals surface area (Å²) in [6.07, 6.45) is -0.395. The fraction of sp³-hybridized carbons (Fsp3) is 0.538. The second-order valence-electron chi connectivity index (χ2n) is 4.60. The average molecular weight is 240 g/mol. The molecule has 2 unspecified atom stereocenters. The number of hydrogen-bond donors (Lipinski definition) is 2. The van der Waals surface area contributed by atoms with Crippen LogP contribution in [0.5, 0.6) is 0 Å². The van der Waals surface area contributed by atoms with Gasteiger partial charge in [-0.15, -0.1) is 0 Å². The maximum Gasteiger partial charge on any atom is 0.123 e. The predicted octanol–water partition coefficient (Wildman–Crippen LogP) is 1.40. The lowest BCUT2D eigenvalue weighted by Gasteiger charge is -2.20. The van der Waals surface area contributed by atoms with Crippen molar-refractivity contribution in [1.29, 1.82) is 0 Å². The Hall–Kier alpha value is -0.970. The molecule has 0 aliphatic carbocycles. The molecule has 3 nitrogen and oxygen atoms in total. The molecule has 0 fully saturated rings.